The molecule has 9 atom stereocenters. The fourth-order valence-electron chi connectivity index (χ4n) is 8.12. The van der Waals surface area contributed by atoms with E-state index in [1.807, 2.05) is 19.9 Å². The topological polar surface area (TPSA) is 134 Å². The molecule has 0 amide bonds. The van der Waals surface area contributed by atoms with Crippen LogP contribution in [0.15, 0.2) is 46.3 Å². The van der Waals surface area contributed by atoms with E-state index < -0.39 is 58.6 Å². The highest BCUT2D eigenvalue weighted by Gasteiger charge is 2.75. The number of aliphatic hydroxyl groups excluding tert-OH is 1. The van der Waals surface area contributed by atoms with Crippen molar-refractivity contribution >= 4 is 17.7 Å². The zero-order valence-electron chi connectivity index (χ0n) is 19.6. The monoisotopic (exact) mass is 470 g/mol. The molecule has 1 aliphatic heterocycles. The zero-order chi connectivity index (χ0) is 24.8. The Kier molecular flexibility index (Phi) is 4.85. The third-order valence-corrected chi connectivity index (χ3v) is 9.61. The van der Waals surface area contributed by atoms with Crippen molar-refractivity contribution in [2.45, 2.75) is 52.2 Å². The van der Waals surface area contributed by atoms with Gasteiger partial charge < -0.3 is 24.5 Å². The van der Waals surface area contributed by atoms with E-state index in [2.05, 4.69) is 0 Å². The molecule has 1 saturated carbocycles. The predicted molar refractivity (Wildman–Crippen MR) is 119 cm³/mol. The van der Waals surface area contributed by atoms with Crippen LogP contribution in [0.25, 0.3) is 0 Å². The van der Waals surface area contributed by atoms with Gasteiger partial charge in [-0.05, 0) is 43.5 Å². The van der Waals surface area contributed by atoms with Crippen LogP contribution in [0.1, 0.15) is 45.6 Å². The average molecular weight is 471 g/mol. The SMILES string of the molecule is CC1=C2C(CC1c1ccoc1)OC1C(C(=O)O)C3[C@](C)(C(=O)O)C=CC(=O)[C@]3(C)[C@@H](CO)[C@]21C. The van der Waals surface area contributed by atoms with Crippen LogP contribution in [0.3, 0.4) is 0 Å². The molecule has 3 aliphatic carbocycles. The van der Waals surface area contributed by atoms with E-state index >= 15 is 0 Å². The highest BCUT2D eigenvalue weighted by atomic mass is 16.5. The van der Waals surface area contributed by atoms with Gasteiger partial charge in [-0.3, -0.25) is 14.4 Å². The zero-order valence-corrected chi connectivity index (χ0v) is 19.6. The fourth-order valence-corrected chi connectivity index (χ4v) is 8.12. The number of furan rings is 1. The van der Waals surface area contributed by atoms with Crippen molar-refractivity contribution in [1.82, 2.24) is 0 Å². The molecule has 2 fully saturated rings. The molecule has 8 nitrogen and oxygen atoms in total. The number of carboxylic acids is 2. The number of rotatable bonds is 4. The van der Waals surface area contributed by atoms with Gasteiger partial charge in [-0.15, -0.1) is 0 Å². The number of carbonyl (C=O) groups excluding carboxylic acids is 1. The Morgan fingerprint density at radius 1 is 1.18 bits per heavy atom. The number of allylic oxidation sites excluding steroid dienone is 2. The highest BCUT2D eigenvalue weighted by Crippen LogP contribution is 2.70. The van der Waals surface area contributed by atoms with Crippen molar-refractivity contribution in [1.29, 1.82) is 0 Å². The van der Waals surface area contributed by atoms with E-state index in [4.69, 9.17) is 9.15 Å². The summed E-state index contributed by atoms with van der Waals surface area (Å²) in [6.45, 7) is 6.58. The minimum absolute atomic E-state index is 0.0240. The molecule has 3 N–H and O–H groups in total. The van der Waals surface area contributed by atoms with Crippen LogP contribution in [0.2, 0.25) is 0 Å². The molecule has 0 spiro atoms. The number of ketones is 1. The first-order valence-electron chi connectivity index (χ1n) is 11.6. The van der Waals surface area contributed by atoms with E-state index in [9.17, 15) is 29.7 Å². The molecular weight excluding hydrogens is 440 g/mol. The van der Waals surface area contributed by atoms with Gasteiger partial charge in [-0.1, -0.05) is 25.5 Å². The maximum atomic E-state index is 13.5. The van der Waals surface area contributed by atoms with Gasteiger partial charge in [-0.25, -0.2) is 0 Å². The number of ether oxygens (including phenoxy) is 1. The van der Waals surface area contributed by atoms with E-state index in [0.29, 0.717) is 6.42 Å². The maximum Gasteiger partial charge on any atom is 0.313 e. The van der Waals surface area contributed by atoms with E-state index in [1.165, 1.54) is 19.1 Å². The number of hydrogen-bond donors (Lipinski definition) is 3. The van der Waals surface area contributed by atoms with Crippen molar-refractivity contribution in [3.05, 3.63) is 47.5 Å². The third kappa shape index (κ3) is 2.53. The van der Waals surface area contributed by atoms with Gasteiger partial charge >= 0.3 is 11.9 Å². The second kappa shape index (κ2) is 7.15. The Morgan fingerprint density at radius 2 is 1.88 bits per heavy atom. The minimum atomic E-state index is -1.61. The number of aliphatic hydroxyl groups is 1. The van der Waals surface area contributed by atoms with E-state index in [-0.39, 0.29) is 17.8 Å². The number of carboxylic acid groups (broad SMARTS) is 2. The first-order valence-corrected chi connectivity index (χ1v) is 11.6. The quantitative estimate of drug-likeness (QED) is 0.572. The molecule has 0 aromatic carbocycles. The maximum absolute atomic E-state index is 13.5. The first-order chi connectivity index (χ1) is 15.9. The van der Waals surface area contributed by atoms with Crippen molar-refractivity contribution in [3.8, 4) is 0 Å². The van der Waals surface area contributed by atoms with Crippen LogP contribution >= 0.6 is 0 Å². The molecule has 34 heavy (non-hydrogen) atoms. The van der Waals surface area contributed by atoms with Gasteiger partial charge in [0.2, 0.25) is 0 Å². The van der Waals surface area contributed by atoms with Crippen LogP contribution < -0.4 is 0 Å². The Morgan fingerprint density at radius 3 is 2.44 bits per heavy atom. The van der Waals surface area contributed by atoms with Crippen LogP contribution in [0, 0.1) is 34.0 Å². The lowest BCUT2D eigenvalue weighted by Crippen LogP contribution is -2.69. The molecule has 5 unspecified atom stereocenters. The van der Waals surface area contributed by atoms with Gasteiger partial charge in [0.15, 0.2) is 5.78 Å². The lowest BCUT2D eigenvalue weighted by Gasteiger charge is -2.61. The van der Waals surface area contributed by atoms with Crippen molar-refractivity contribution < 1.29 is 38.9 Å². The standard InChI is InChI=1S/C26H30O8/c1-12-14(13-6-8-33-11-13)9-15-19(12)26(4)16(10-27)25(3)17(28)5-7-24(2,23(31)32)20(25)18(22(29)30)21(26)34-15/h5-8,11,14-16,18,20-21,27H,9-10H2,1-4H3,(H,29,30)(H,31,32)/t14?,15?,16-,18?,20?,21?,24-,25+,26-/m1/s1. The first kappa shape index (κ1) is 23.1. The molecule has 0 bridgehead atoms. The summed E-state index contributed by atoms with van der Waals surface area (Å²) >= 11 is 0. The second-order valence-corrected chi connectivity index (χ2v) is 10.9. The third-order valence-electron chi connectivity index (χ3n) is 9.61. The lowest BCUT2D eigenvalue weighted by molar-refractivity contribution is -0.207. The molecule has 1 aromatic heterocycles. The number of fused-ring (bicyclic) bond motifs is 4. The van der Waals surface area contributed by atoms with Gasteiger partial charge in [0.25, 0.3) is 0 Å². The summed E-state index contributed by atoms with van der Waals surface area (Å²) in [5, 5.41) is 31.4. The summed E-state index contributed by atoms with van der Waals surface area (Å²) in [5.74, 6) is -5.78. The molecule has 2 heterocycles. The molecule has 1 saturated heterocycles. The van der Waals surface area contributed by atoms with Crippen molar-refractivity contribution in [3.63, 3.8) is 0 Å². The molecule has 4 aliphatic rings. The number of carbonyl (C=O) groups is 3. The van der Waals surface area contributed by atoms with Gasteiger partial charge in [0.1, 0.15) is 0 Å². The highest BCUT2D eigenvalue weighted by molar-refractivity contribution is 6.00. The summed E-state index contributed by atoms with van der Waals surface area (Å²) in [6, 6.07) is 1.89. The Labute approximate surface area is 197 Å². The average Bonchev–Trinajstić information content (AvgIpc) is 3.46. The van der Waals surface area contributed by atoms with Crippen LogP contribution in [0.5, 0.6) is 0 Å². The van der Waals surface area contributed by atoms with E-state index in [1.54, 1.807) is 19.5 Å². The Hall–Kier alpha value is -2.71. The summed E-state index contributed by atoms with van der Waals surface area (Å²) in [5.41, 5.74) is -1.03. The molecule has 8 heteroatoms. The largest absolute Gasteiger partial charge is 0.481 e. The fraction of sp³-hybridized carbons (Fsp3) is 0.577. The van der Waals surface area contributed by atoms with Gasteiger partial charge in [0, 0.05) is 35.2 Å². The molecule has 182 valence electrons. The Bertz CT molecular complexity index is 1130. The molecule has 0 radical (unpaired) electrons. The second-order valence-electron chi connectivity index (χ2n) is 10.9. The normalized spacial score (nSPS) is 45.1. The van der Waals surface area contributed by atoms with Crippen LogP contribution in [0.4, 0.5) is 0 Å². The van der Waals surface area contributed by atoms with E-state index in [0.717, 1.165) is 16.7 Å². The summed E-state index contributed by atoms with van der Waals surface area (Å²) in [7, 11) is 0. The van der Waals surface area contributed by atoms with Crippen LogP contribution in [-0.2, 0) is 19.1 Å². The molecule has 5 rings (SSSR count). The predicted octanol–water partition coefficient (Wildman–Crippen LogP) is 3.03. The number of aliphatic carboxylic acids is 2. The smallest absolute Gasteiger partial charge is 0.313 e. The van der Waals surface area contributed by atoms with Crippen molar-refractivity contribution in [2.24, 2.45) is 34.0 Å². The summed E-state index contributed by atoms with van der Waals surface area (Å²) in [4.78, 5) is 38.8. The van der Waals surface area contributed by atoms with Crippen LogP contribution in [-0.4, -0.2) is 51.9 Å². The molecule has 1 aromatic rings. The summed E-state index contributed by atoms with van der Waals surface area (Å²) < 4.78 is 11.8. The van der Waals surface area contributed by atoms with Crippen molar-refractivity contribution in [2.75, 3.05) is 6.61 Å². The Balaban J connectivity index is 1.76. The lowest BCUT2D eigenvalue weighted by atomic mass is 9.40. The minimum Gasteiger partial charge on any atom is -0.481 e. The summed E-state index contributed by atoms with van der Waals surface area (Å²) in [6.07, 6.45) is 5.20. The number of hydrogen-bond acceptors (Lipinski definition) is 6. The van der Waals surface area contributed by atoms with Gasteiger partial charge in [0.05, 0.1) is 36.1 Å². The molecular formula is C26H30O8. The van der Waals surface area contributed by atoms with Gasteiger partial charge in [-0.2, -0.15) is 0 Å².